The predicted octanol–water partition coefficient (Wildman–Crippen LogP) is 3.67. The zero-order chi connectivity index (χ0) is 13.5. The minimum Gasteiger partial charge on any atom is -0.317 e. The number of nitrogens with one attached hydrogen (secondary N) is 1. The van der Waals surface area contributed by atoms with Crippen molar-refractivity contribution in [2.75, 3.05) is 26.7 Å². The molecule has 0 radical (unpaired) electrons. The van der Waals surface area contributed by atoms with Crippen LogP contribution in [0.2, 0.25) is 0 Å². The molecule has 19 heavy (non-hydrogen) atoms. The van der Waals surface area contributed by atoms with Gasteiger partial charge in [0.1, 0.15) is 0 Å². The number of likely N-dealkylation sites (tertiary alicyclic amines) is 1. The minimum atomic E-state index is 0.774. The summed E-state index contributed by atoms with van der Waals surface area (Å²) < 4.78 is 0. The summed E-state index contributed by atoms with van der Waals surface area (Å²) in [5.74, 6) is 1.90. The van der Waals surface area contributed by atoms with Gasteiger partial charge in [-0.15, -0.1) is 0 Å². The number of nitrogens with zero attached hydrogens (tertiary/aromatic N) is 1. The van der Waals surface area contributed by atoms with Crippen molar-refractivity contribution in [1.82, 2.24) is 10.2 Å². The molecule has 0 bridgehead atoms. The van der Waals surface area contributed by atoms with E-state index < -0.39 is 0 Å². The SMILES string of the molecule is CCCC1CCC(NC)C(CN2CCCCCC2)C1. The Labute approximate surface area is 120 Å². The first-order valence-electron chi connectivity index (χ1n) is 8.73. The van der Waals surface area contributed by atoms with E-state index in [0.29, 0.717) is 0 Å². The van der Waals surface area contributed by atoms with Crippen molar-refractivity contribution in [3.63, 3.8) is 0 Å². The van der Waals surface area contributed by atoms with Crippen LogP contribution in [0.1, 0.15) is 64.7 Å². The molecule has 0 spiro atoms. The second-order valence-corrected chi connectivity index (χ2v) is 6.84. The molecule has 2 aliphatic rings. The van der Waals surface area contributed by atoms with E-state index in [0.717, 1.165) is 17.9 Å². The van der Waals surface area contributed by atoms with Gasteiger partial charge >= 0.3 is 0 Å². The highest BCUT2D eigenvalue weighted by atomic mass is 15.1. The fourth-order valence-corrected chi connectivity index (χ4v) is 4.26. The van der Waals surface area contributed by atoms with E-state index in [-0.39, 0.29) is 0 Å². The highest BCUT2D eigenvalue weighted by Gasteiger charge is 2.30. The van der Waals surface area contributed by atoms with Crippen LogP contribution in [-0.2, 0) is 0 Å². The highest BCUT2D eigenvalue weighted by Crippen LogP contribution is 2.33. The first-order valence-corrected chi connectivity index (χ1v) is 8.73. The van der Waals surface area contributed by atoms with Crippen LogP contribution in [0.3, 0.4) is 0 Å². The van der Waals surface area contributed by atoms with Crippen molar-refractivity contribution in [3.05, 3.63) is 0 Å². The van der Waals surface area contributed by atoms with Gasteiger partial charge < -0.3 is 10.2 Å². The maximum absolute atomic E-state index is 3.60. The maximum Gasteiger partial charge on any atom is 0.0105 e. The largest absolute Gasteiger partial charge is 0.317 e. The topological polar surface area (TPSA) is 15.3 Å². The van der Waals surface area contributed by atoms with Gasteiger partial charge in [-0.1, -0.05) is 32.6 Å². The molecule has 2 rings (SSSR count). The van der Waals surface area contributed by atoms with Crippen LogP contribution in [0.4, 0.5) is 0 Å². The first kappa shape index (κ1) is 15.3. The summed E-state index contributed by atoms with van der Waals surface area (Å²) >= 11 is 0. The van der Waals surface area contributed by atoms with Crippen molar-refractivity contribution in [2.45, 2.75) is 70.8 Å². The Morgan fingerprint density at radius 2 is 1.79 bits per heavy atom. The molecule has 0 aromatic heterocycles. The van der Waals surface area contributed by atoms with E-state index >= 15 is 0 Å². The molecule has 0 aromatic carbocycles. The third-order valence-corrected chi connectivity index (χ3v) is 5.35. The summed E-state index contributed by atoms with van der Waals surface area (Å²) in [5.41, 5.74) is 0. The summed E-state index contributed by atoms with van der Waals surface area (Å²) in [6.45, 7) is 6.40. The third kappa shape index (κ3) is 4.75. The quantitative estimate of drug-likeness (QED) is 0.817. The first-order chi connectivity index (χ1) is 9.33. The molecular weight excluding hydrogens is 232 g/mol. The van der Waals surface area contributed by atoms with E-state index in [9.17, 15) is 0 Å². The Hall–Kier alpha value is -0.0800. The monoisotopic (exact) mass is 266 g/mol. The van der Waals surface area contributed by atoms with Crippen molar-refractivity contribution in [1.29, 1.82) is 0 Å². The zero-order valence-corrected chi connectivity index (χ0v) is 13.2. The zero-order valence-electron chi connectivity index (χ0n) is 13.2. The van der Waals surface area contributed by atoms with Crippen LogP contribution in [-0.4, -0.2) is 37.6 Å². The molecule has 112 valence electrons. The standard InChI is InChI=1S/C17H34N2/c1-3-8-15-9-10-17(18-2)16(13-15)14-19-11-6-4-5-7-12-19/h15-18H,3-14H2,1-2H3. The van der Waals surface area contributed by atoms with E-state index in [4.69, 9.17) is 0 Å². The molecule has 1 heterocycles. The molecule has 2 fully saturated rings. The summed E-state index contributed by atoms with van der Waals surface area (Å²) in [7, 11) is 2.17. The van der Waals surface area contributed by atoms with Crippen LogP contribution < -0.4 is 5.32 Å². The Morgan fingerprint density at radius 1 is 1.05 bits per heavy atom. The van der Waals surface area contributed by atoms with Gasteiger partial charge in [0.25, 0.3) is 0 Å². The van der Waals surface area contributed by atoms with Crippen molar-refractivity contribution in [2.24, 2.45) is 11.8 Å². The van der Waals surface area contributed by atoms with Gasteiger partial charge in [0.2, 0.25) is 0 Å². The number of hydrogen-bond acceptors (Lipinski definition) is 2. The average molecular weight is 266 g/mol. The van der Waals surface area contributed by atoms with Crippen LogP contribution >= 0.6 is 0 Å². The smallest absolute Gasteiger partial charge is 0.0105 e. The molecule has 0 amide bonds. The van der Waals surface area contributed by atoms with Gasteiger partial charge in [0.05, 0.1) is 0 Å². The van der Waals surface area contributed by atoms with E-state index in [2.05, 4.69) is 24.2 Å². The lowest BCUT2D eigenvalue weighted by Crippen LogP contribution is -2.44. The van der Waals surface area contributed by atoms with E-state index in [1.54, 1.807) is 0 Å². The molecule has 1 N–H and O–H groups in total. The fraction of sp³-hybridized carbons (Fsp3) is 1.00. The van der Waals surface area contributed by atoms with Crippen LogP contribution in [0.5, 0.6) is 0 Å². The number of rotatable bonds is 5. The van der Waals surface area contributed by atoms with Gasteiger partial charge in [0, 0.05) is 12.6 Å². The molecule has 1 saturated heterocycles. The Balaban J connectivity index is 1.86. The second kappa shape index (κ2) is 8.26. The minimum absolute atomic E-state index is 0.774. The summed E-state index contributed by atoms with van der Waals surface area (Å²) in [6, 6.07) is 0.774. The van der Waals surface area contributed by atoms with Crippen molar-refractivity contribution in [3.8, 4) is 0 Å². The van der Waals surface area contributed by atoms with Crippen LogP contribution in [0.25, 0.3) is 0 Å². The summed E-state index contributed by atoms with van der Waals surface area (Å²) in [6.07, 6.45) is 12.9. The average Bonchev–Trinajstić information content (AvgIpc) is 2.68. The molecule has 2 heteroatoms. The Morgan fingerprint density at radius 3 is 2.42 bits per heavy atom. The fourth-order valence-electron chi connectivity index (χ4n) is 4.26. The van der Waals surface area contributed by atoms with Crippen LogP contribution in [0, 0.1) is 11.8 Å². The normalized spacial score (nSPS) is 34.1. The molecule has 1 aliphatic carbocycles. The Bertz CT molecular complexity index is 233. The van der Waals surface area contributed by atoms with Crippen molar-refractivity contribution < 1.29 is 0 Å². The van der Waals surface area contributed by atoms with Crippen molar-refractivity contribution >= 4 is 0 Å². The molecule has 3 unspecified atom stereocenters. The molecule has 1 aliphatic heterocycles. The highest BCUT2D eigenvalue weighted by molar-refractivity contribution is 4.86. The summed E-state index contributed by atoms with van der Waals surface area (Å²) in [4.78, 5) is 2.76. The van der Waals surface area contributed by atoms with Gasteiger partial charge in [-0.25, -0.2) is 0 Å². The maximum atomic E-state index is 3.60. The van der Waals surface area contributed by atoms with E-state index in [1.165, 1.54) is 77.4 Å². The molecular formula is C17H34N2. The second-order valence-electron chi connectivity index (χ2n) is 6.84. The Kier molecular flexibility index (Phi) is 6.66. The van der Waals surface area contributed by atoms with Gasteiger partial charge in [0.15, 0.2) is 0 Å². The lowest BCUT2D eigenvalue weighted by molar-refractivity contribution is 0.141. The number of hydrogen-bond donors (Lipinski definition) is 1. The lowest BCUT2D eigenvalue weighted by atomic mass is 9.76. The molecule has 1 saturated carbocycles. The predicted molar refractivity (Wildman–Crippen MR) is 83.5 cm³/mol. The van der Waals surface area contributed by atoms with Gasteiger partial charge in [-0.05, 0) is 64.1 Å². The molecule has 0 aromatic rings. The van der Waals surface area contributed by atoms with Gasteiger partial charge in [-0.2, -0.15) is 0 Å². The van der Waals surface area contributed by atoms with Crippen LogP contribution in [0.15, 0.2) is 0 Å². The summed E-state index contributed by atoms with van der Waals surface area (Å²) in [5, 5.41) is 3.60. The molecule has 2 nitrogen and oxygen atoms in total. The molecule has 3 atom stereocenters. The van der Waals surface area contributed by atoms with Gasteiger partial charge in [-0.3, -0.25) is 0 Å². The van der Waals surface area contributed by atoms with E-state index in [1.807, 2.05) is 0 Å². The third-order valence-electron chi connectivity index (χ3n) is 5.35. The lowest BCUT2D eigenvalue weighted by Gasteiger charge is -2.38.